The van der Waals surface area contributed by atoms with Crippen molar-refractivity contribution in [2.24, 2.45) is 11.7 Å². The Morgan fingerprint density at radius 2 is 2.29 bits per heavy atom. The first-order chi connectivity index (χ1) is 2.84. The van der Waals surface area contributed by atoms with E-state index in [2.05, 4.69) is 6.58 Å². The normalized spacial score (nSPS) is 26.4. The van der Waals surface area contributed by atoms with Crippen LogP contribution in [0.15, 0.2) is 12.2 Å². The maximum absolute atomic E-state index is 5.26. The first-order valence-electron chi connectivity index (χ1n) is 2.22. The molecule has 0 amide bonds. The Bertz CT molecular complexity index is 80.1. The molecular weight excluding hydrogens is 110 g/mol. The molecule has 1 atom stereocenters. The van der Waals surface area contributed by atoms with Crippen LogP contribution in [0, 0.1) is 5.92 Å². The van der Waals surface area contributed by atoms with Gasteiger partial charge in [-0.15, -0.1) is 12.4 Å². The minimum absolute atomic E-state index is 0. The lowest BCUT2D eigenvalue weighted by molar-refractivity contribution is 0.875. The monoisotopic (exact) mass is 119 g/mol. The maximum atomic E-state index is 5.26. The molecule has 42 valence electrons. The van der Waals surface area contributed by atoms with E-state index in [-0.39, 0.29) is 12.4 Å². The number of hydrogen-bond donors (Lipinski definition) is 1. The van der Waals surface area contributed by atoms with Crippen molar-refractivity contribution in [3.63, 3.8) is 0 Å². The quantitative estimate of drug-likeness (QED) is 0.511. The molecule has 2 N–H and O–H groups in total. The van der Waals surface area contributed by atoms with E-state index in [1.807, 2.05) is 0 Å². The van der Waals surface area contributed by atoms with Crippen molar-refractivity contribution in [2.75, 3.05) is 6.54 Å². The van der Waals surface area contributed by atoms with Crippen molar-refractivity contribution in [3.8, 4) is 0 Å². The molecule has 1 unspecified atom stereocenters. The fourth-order valence-corrected chi connectivity index (χ4v) is 0.508. The number of hydrogen-bond acceptors (Lipinski definition) is 1. The molecule has 1 aliphatic carbocycles. The summed E-state index contributed by atoms with van der Waals surface area (Å²) in [5.41, 5.74) is 6.59. The third-order valence-corrected chi connectivity index (χ3v) is 1.21. The van der Waals surface area contributed by atoms with Gasteiger partial charge in [-0.3, -0.25) is 0 Å². The zero-order valence-electron chi connectivity index (χ0n) is 4.18. The lowest BCUT2D eigenvalue weighted by atomic mass is 10.4. The van der Waals surface area contributed by atoms with Crippen molar-refractivity contribution in [3.05, 3.63) is 12.2 Å². The van der Waals surface area contributed by atoms with Gasteiger partial charge in [0.15, 0.2) is 0 Å². The zero-order valence-corrected chi connectivity index (χ0v) is 5.00. The average Bonchev–Trinajstić information content (AvgIpc) is 2.19. The van der Waals surface area contributed by atoms with Gasteiger partial charge in [0.1, 0.15) is 0 Å². The highest BCUT2D eigenvalue weighted by Crippen LogP contribution is 2.33. The molecule has 7 heavy (non-hydrogen) atoms. The van der Waals surface area contributed by atoms with Gasteiger partial charge in [-0.2, -0.15) is 0 Å². The van der Waals surface area contributed by atoms with E-state index < -0.39 is 0 Å². The lowest BCUT2D eigenvalue weighted by Crippen LogP contribution is -1.99. The van der Waals surface area contributed by atoms with Crippen LogP contribution in [-0.4, -0.2) is 6.54 Å². The largest absolute Gasteiger partial charge is 0.330 e. The highest BCUT2D eigenvalue weighted by atomic mass is 35.5. The van der Waals surface area contributed by atoms with Crippen LogP contribution in [0.1, 0.15) is 6.42 Å². The summed E-state index contributed by atoms with van der Waals surface area (Å²) in [6.45, 7) is 4.54. The zero-order chi connectivity index (χ0) is 4.57. The van der Waals surface area contributed by atoms with Gasteiger partial charge < -0.3 is 5.73 Å². The van der Waals surface area contributed by atoms with Crippen molar-refractivity contribution in [1.82, 2.24) is 0 Å². The third kappa shape index (κ3) is 1.49. The summed E-state index contributed by atoms with van der Waals surface area (Å²) in [7, 11) is 0. The van der Waals surface area contributed by atoms with Crippen LogP contribution in [0.5, 0.6) is 0 Å². The van der Waals surface area contributed by atoms with Gasteiger partial charge in [-0.05, 0) is 18.9 Å². The molecule has 0 radical (unpaired) electrons. The van der Waals surface area contributed by atoms with Crippen molar-refractivity contribution in [1.29, 1.82) is 0 Å². The van der Waals surface area contributed by atoms with Gasteiger partial charge in [0, 0.05) is 0 Å². The van der Waals surface area contributed by atoms with E-state index in [4.69, 9.17) is 5.73 Å². The Kier molecular flexibility index (Phi) is 2.33. The minimum atomic E-state index is 0. The van der Waals surface area contributed by atoms with Crippen molar-refractivity contribution >= 4 is 12.4 Å². The smallest absolute Gasteiger partial charge is 0.000850 e. The molecule has 2 heteroatoms. The molecule has 1 saturated carbocycles. The number of nitrogens with two attached hydrogens (primary N) is 1. The van der Waals surface area contributed by atoms with Gasteiger partial charge in [-0.25, -0.2) is 0 Å². The summed E-state index contributed by atoms with van der Waals surface area (Å²) in [6.07, 6.45) is 1.18. The molecule has 0 spiro atoms. The average molecular weight is 120 g/mol. The summed E-state index contributed by atoms with van der Waals surface area (Å²) < 4.78 is 0. The Balaban J connectivity index is 0.000000360. The number of rotatable bonds is 1. The molecule has 0 bridgehead atoms. The molecule has 0 heterocycles. The predicted molar refractivity (Wildman–Crippen MR) is 33.5 cm³/mol. The van der Waals surface area contributed by atoms with Gasteiger partial charge in [0.05, 0.1) is 0 Å². The van der Waals surface area contributed by atoms with E-state index in [0.717, 1.165) is 6.54 Å². The fourth-order valence-electron chi connectivity index (χ4n) is 0.508. The van der Waals surface area contributed by atoms with Crippen LogP contribution < -0.4 is 5.73 Å². The van der Waals surface area contributed by atoms with E-state index in [9.17, 15) is 0 Å². The Hall–Kier alpha value is -0.0100. The maximum Gasteiger partial charge on any atom is -0.000850 e. The highest BCUT2D eigenvalue weighted by Gasteiger charge is 2.24. The topological polar surface area (TPSA) is 26.0 Å². The van der Waals surface area contributed by atoms with E-state index in [0.29, 0.717) is 5.92 Å². The van der Waals surface area contributed by atoms with Gasteiger partial charge in [0.25, 0.3) is 0 Å². The second-order valence-corrected chi connectivity index (χ2v) is 1.79. The molecule has 0 aliphatic heterocycles. The standard InChI is InChI=1S/C5H9N.ClH/c1-4-2-5(4)3-6;/h5H,1-3,6H2;1H. The minimum Gasteiger partial charge on any atom is -0.330 e. The molecule has 1 aliphatic rings. The van der Waals surface area contributed by atoms with Crippen LogP contribution in [0.3, 0.4) is 0 Å². The lowest BCUT2D eigenvalue weighted by Gasteiger charge is -1.75. The van der Waals surface area contributed by atoms with Crippen molar-refractivity contribution < 1.29 is 0 Å². The van der Waals surface area contributed by atoms with Crippen LogP contribution in [-0.2, 0) is 0 Å². The van der Waals surface area contributed by atoms with Crippen LogP contribution in [0.25, 0.3) is 0 Å². The summed E-state index contributed by atoms with van der Waals surface area (Å²) >= 11 is 0. The second kappa shape index (κ2) is 2.34. The van der Waals surface area contributed by atoms with Gasteiger partial charge in [0.2, 0.25) is 0 Å². The van der Waals surface area contributed by atoms with Gasteiger partial charge >= 0.3 is 0 Å². The summed E-state index contributed by atoms with van der Waals surface area (Å²) in [5, 5.41) is 0. The first-order valence-corrected chi connectivity index (χ1v) is 2.22. The SMILES string of the molecule is C=C1CC1CN.Cl. The Morgan fingerprint density at radius 3 is 2.29 bits per heavy atom. The Labute approximate surface area is 50.0 Å². The summed E-state index contributed by atoms with van der Waals surface area (Å²) in [4.78, 5) is 0. The molecule has 0 aromatic rings. The third-order valence-electron chi connectivity index (χ3n) is 1.21. The van der Waals surface area contributed by atoms with Crippen LogP contribution in [0.4, 0.5) is 0 Å². The molecular formula is C5H10ClN. The highest BCUT2D eigenvalue weighted by molar-refractivity contribution is 5.85. The fraction of sp³-hybridized carbons (Fsp3) is 0.600. The molecule has 0 aromatic heterocycles. The molecule has 1 nitrogen and oxygen atoms in total. The van der Waals surface area contributed by atoms with E-state index in [1.165, 1.54) is 12.0 Å². The Morgan fingerprint density at radius 1 is 1.86 bits per heavy atom. The van der Waals surface area contributed by atoms with E-state index >= 15 is 0 Å². The summed E-state index contributed by atoms with van der Waals surface area (Å²) in [5.74, 6) is 0.685. The predicted octanol–water partition coefficient (Wildman–Crippen LogP) is 0.943. The van der Waals surface area contributed by atoms with Crippen LogP contribution in [0.2, 0.25) is 0 Å². The second-order valence-electron chi connectivity index (χ2n) is 1.79. The molecule has 0 aromatic carbocycles. The van der Waals surface area contributed by atoms with Crippen LogP contribution >= 0.6 is 12.4 Å². The van der Waals surface area contributed by atoms with E-state index in [1.54, 1.807) is 0 Å². The molecule has 0 saturated heterocycles. The van der Waals surface area contributed by atoms with Gasteiger partial charge in [-0.1, -0.05) is 12.2 Å². The molecule has 1 fully saturated rings. The first kappa shape index (κ1) is 6.99. The number of halogens is 1. The summed E-state index contributed by atoms with van der Waals surface area (Å²) in [6, 6.07) is 0. The van der Waals surface area contributed by atoms with Crippen molar-refractivity contribution in [2.45, 2.75) is 6.42 Å². The molecule has 1 rings (SSSR count).